The van der Waals surface area contributed by atoms with Gasteiger partial charge in [0, 0.05) is 24.3 Å². The smallest absolute Gasteiger partial charge is 0.193 e. The summed E-state index contributed by atoms with van der Waals surface area (Å²) in [5.74, 6) is 0.951. The largest absolute Gasteiger partial charge is 0.373 e. The molecule has 0 radical (unpaired) electrons. The van der Waals surface area contributed by atoms with Crippen molar-refractivity contribution >= 4 is 35.6 Å². The van der Waals surface area contributed by atoms with Crippen molar-refractivity contribution in [2.45, 2.75) is 65.2 Å². The lowest BCUT2D eigenvalue weighted by Gasteiger charge is -2.44. The molecule has 0 spiro atoms. The number of halogens is 1. The van der Waals surface area contributed by atoms with E-state index < -0.39 is 0 Å². The highest BCUT2D eigenvalue weighted by Crippen LogP contribution is 2.22. The highest BCUT2D eigenvalue weighted by Gasteiger charge is 2.33. The van der Waals surface area contributed by atoms with Gasteiger partial charge in [0.2, 0.25) is 0 Å². The normalized spacial score (nSPS) is 22.2. The molecule has 1 heterocycles. The third-order valence-corrected chi connectivity index (χ3v) is 4.74. The van der Waals surface area contributed by atoms with Gasteiger partial charge < -0.3 is 15.8 Å². The van der Waals surface area contributed by atoms with E-state index in [1.807, 2.05) is 12.1 Å². The fraction of sp³-hybridized carbons (Fsp3) is 0.650. The molecule has 0 bridgehead atoms. The summed E-state index contributed by atoms with van der Waals surface area (Å²) in [6.07, 6.45) is 0.502. The summed E-state index contributed by atoms with van der Waals surface area (Å²) in [7, 11) is 0. The highest BCUT2D eigenvalue weighted by molar-refractivity contribution is 14.0. The summed E-state index contributed by atoms with van der Waals surface area (Å²) in [4.78, 5) is 7.04. The third kappa shape index (κ3) is 6.70. The Morgan fingerprint density at radius 2 is 1.92 bits per heavy atom. The van der Waals surface area contributed by atoms with Crippen molar-refractivity contribution in [3.8, 4) is 0 Å². The summed E-state index contributed by atoms with van der Waals surface area (Å²) in [6, 6.07) is 8.33. The summed E-state index contributed by atoms with van der Waals surface area (Å²) in [5, 5.41) is 3.21. The summed E-state index contributed by atoms with van der Waals surface area (Å²) < 4.78 is 5.83. The molecule has 1 aromatic carbocycles. The van der Waals surface area contributed by atoms with Crippen LogP contribution in [0.2, 0.25) is 0 Å². The number of aliphatic imine (C=N–C) groups is 1. The minimum atomic E-state index is -0.0572. The lowest BCUT2D eigenvalue weighted by molar-refractivity contribution is -0.0939. The van der Waals surface area contributed by atoms with E-state index in [1.165, 1.54) is 5.56 Å². The first kappa shape index (κ1) is 23.2. The monoisotopic (exact) mass is 474 g/mol. The van der Waals surface area contributed by atoms with Crippen molar-refractivity contribution in [2.75, 3.05) is 25.0 Å². The van der Waals surface area contributed by atoms with Crippen LogP contribution in [0, 0.1) is 0 Å². The predicted molar refractivity (Wildman–Crippen MR) is 122 cm³/mol. The molecule has 0 aromatic heterocycles. The highest BCUT2D eigenvalue weighted by atomic mass is 127. The van der Waals surface area contributed by atoms with Gasteiger partial charge >= 0.3 is 0 Å². The number of guanidine groups is 1. The Bertz CT molecular complexity index is 593. The molecule has 26 heavy (non-hydrogen) atoms. The van der Waals surface area contributed by atoms with Gasteiger partial charge in [0.15, 0.2) is 5.96 Å². The van der Waals surface area contributed by atoms with Crippen LogP contribution in [0.25, 0.3) is 0 Å². The molecule has 0 aliphatic carbocycles. The predicted octanol–water partition coefficient (Wildman–Crippen LogP) is 4.04. The molecule has 5 nitrogen and oxygen atoms in total. The fourth-order valence-corrected chi connectivity index (χ4v) is 3.21. The SMILES string of the molecule is CC1CN(C(C)(C)CN=C(N)Nc2cccc(C(C)C)c2)CC(C)O1.I. The molecule has 1 aliphatic heterocycles. The lowest BCUT2D eigenvalue weighted by atomic mass is 10.0. The zero-order valence-electron chi connectivity index (χ0n) is 17.0. The quantitative estimate of drug-likeness (QED) is 0.384. The number of hydrogen-bond donors (Lipinski definition) is 2. The Hall–Kier alpha value is -0.860. The number of morpholine rings is 1. The molecular weight excluding hydrogens is 439 g/mol. The van der Waals surface area contributed by atoms with Crippen LogP contribution >= 0.6 is 24.0 Å². The number of anilines is 1. The van der Waals surface area contributed by atoms with Crippen molar-refractivity contribution < 1.29 is 4.74 Å². The second-order valence-electron chi connectivity index (χ2n) is 8.08. The van der Waals surface area contributed by atoms with Gasteiger partial charge in [-0.2, -0.15) is 0 Å². The third-order valence-electron chi connectivity index (χ3n) is 4.74. The van der Waals surface area contributed by atoms with Crippen LogP contribution in [-0.4, -0.2) is 48.2 Å². The zero-order valence-corrected chi connectivity index (χ0v) is 19.3. The van der Waals surface area contributed by atoms with Gasteiger partial charge in [0.05, 0.1) is 18.8 Å². The molecule has 0 saturated carbocycles. The van der Waals surface area contributed by atoms with Crippen LogP contribution < -0.4 is 11.1 Å². The summed E-state index contributed by atoms with van der Waals surface area (Å²) in [6.45, 7) is 15.6. The lowest BCUT2D eigenvalue weighted by Crippen LogP contribution is -2.56. The molecule has 6 heteroatoms. The minimum absolute atomic E-state index is 0. The molecule has 2 rings (SSSR count). The fourth-order valence-electron chi connectivity index (χ4n) is 3.21. The van der Waals surface area contributed by atoms with E-state index in [9.17, 15) is 0 Å². The van der Waals surface area contributed by atoms with Crippen LogP contribution in [0.1, 0.15) is 53.0 Å². The van der Waals surface area contributed by atoms with Crippen LogP contribution in [0.15, 0.2) is 29.3 Å². The molecule has 0 amide bonds. The Morgan fingerprint density at radius 1 is 1.31 bits per heavy atom. The first-order valence-electron chi connectivity index (χ1n) is 9.25. The van der Waals surface area contributed by atoms with Gasteiger partial charge in [0.25, 0.3) is 0 Å². The molecule has 2 atom stereocenters. The van der Waals surface area contributed by atoms with E-state index in [0.717, 1.165) is 18.8 Å². The first-order chi connectivity index (χ1) is 11.7. The molecule has 3 N–H and O–H groups in total. The topological polar surface area (TPSA) is 62.9 Å². The number of nitrogens with zero attached hydrogens (tertiary/aromatic N) is 2. The molecule has 1 fully saturated rings. The summed E-state index contributed by atoms with van der Waals surface area (Å²) >= 11 is 0. The maximum Gasteiger partial charge on any atom is 0.193 e. The Morgan fingerprint density at radius 3 is 2.50 bits per heavy atom. The van der Waals surface area contributed by atoms with Crippen molar-refractivity contribution in [2.24, 2.45) is 10.7 Å². The van der Waals surface area contributed by atoms with E-state index in [1.54, 1.807) is 0 Å². The summed E-state index contributed by atoms with van der Waals surface area (Å²) in [5.41, 5.74) is 8.33. The number of ether oxygens (including phenoxy) is 1. The zero-order chi connectivity index (χ0) is 18.6. The van der Waals surface area contributed by atoms with E-state index in [-0.39, 0.29) is 41.7 Å². The van der Waals surface area contributed by atoms with Crippen LogP contribution in [0.3, 0.4) is 0 Å². The molecule has 1 aromatic rings. The van der Waals surface area contributed by atoms with Gasteiger partial charge in [-0.1, -0.05) is 26.0 Å². The van der Waals surface area contributed by atoms with Crippen molar-refractivity contribution in [3.63, 3.8) is 0 Å². The van der Waals surface area contributed by atoms with Crippen molar-refractivity contribution in [1.82, 2.24) is 4.90 Å². The average Bonchev–Trinajstić information content (AvgIpc) is 2.52. The maximum atomic E-state index is 6.12. The van der Waals surface area contributed by atoms with E-state index in [0.29, 0.717) is 18.4 Å². The number of rotatable bonds is 5. The van der Waals surface area contributed by atoms with E-state index in [4.69, 9.17) is 10.5 Å². The maximum absolute atomic E-state index is 6.12. The van der Waals surface area contributed by atoms with E-state index >= 15 is 0 Å². The standard InChI is InChI=1S/C20H34N4O.HI/c1-14(2)17-8-7-9-18(10-17)23-19(21)22-13-20(5,6)24-11-15(3)25-16(4)12-24;/h7-10,14-16H,11-13H2,1-6H3,(H3,21,22,23);1H. The number of nitrogens with two attached hydrogens (primary N) is 1. The van der Waals surface area contributed by atoms with Crippen molar-refractivity contribution in [3.05, 3.63) is 29.8 Å². The van der Waals surface area contributed by atoms with Crippen molar-refractivity contribution in [1.29, 1.82) is 0 Å². The van der Waals surface area contributed by atoms with Gasteiger partial charge in [-0.15, -0.1) is 24.0 Å². The van der Waals surface area contributed by atoms with Crippen LogP contribution in [0.4, 0.5) is 5.69 Å². The number of nitrogens with one attached hydrogen (secondary N) is 1. The number of hydrogen-bond acceptors (Lipinski definition) is 3. The first-order valence-corrected chi connectivity index (χ1v) is 9.25. The Balaban J connectivity index is 0.00000338. The van der Waals surface area contributed by atoms with Gasteiger partial charge in [-0.05, 0) is 51.3 Å². The van der Waals surface area contributed by atoms with Crippen LogP contribution in [0.5, 0.6) is 0 Å². The number of benzene rings is 1. The molecule has 1 saturated heterocycles. The van der Waals surface area contributed by atoms with Gasteiger partial charge in [0.1, 0.15) is 0 Å². The second kappa shape index (κ2) is 9.90. The molecule has 1 aliphatic rings. The van der Waals surface area contributed by atoms with E-state index in [2.05, 4.69) is 68.9 Å². The Kier molecular flexibility index (Phi) is 8.82. The minimum Gasteiger partial charge on any atom is -0.373 e. The van der Waals surface area contributed by atoms with Gasteiger partial charge in [-0.3, -0.25) is 9.89 Å². The van der Waals surface area contributed by atoms with Crippen LogP contribution in [-0.2, 0) is 4.74 Å². The van der Waals surface area contributed by atoms with Gasteiger partial charge in [-0.25, -0.2) is 0 Å². The average molecular weight is 474 g/mol. The molecular formula is C20H35IN4O. The Labute approximate surface area is 175 Å². The second-order valence-corrected chi connectivity index (χ2v) is 8.08. The molecule has 148 valence electrons. The molecule has 2 unspecified atom stereocenters.